The van der Waals surface area contributed by atoms with Gasteiger partial charge in [0.2, 0.25) is 0 Å². The average Bonchev–Trinajstić information content (AvgIpc) is 3.18. The zero-order valence-electron chi connectivity index (χ0n) is 15.6. The lowest BCUT2D eigenvalue weighted by molar-refractivity contribution is 0.0741. The van der Waals surface area contributed by atoms with Crippen molar-refractivity contribution in [2.75, 3.05) is 13.1 Å². The molecule has 134 valence electrons. The Balaban J connectivity index is 2.00. The summed E-state index contributed by atoms with van der Waals surface area (Å²) >= 11 is 0. The molecule has 1 saturated heterocycles. The van der Waals surface area contributed by atoms with Crippen LogP contribution in [0.5, 0.6) is 0 Å². The fraction of sp³-hybridized carbons (Fsp3) is 0.500. The van der Waals surface area contributed by atoms with Gasteiger partial charge in [-0.2, -0.15) is 5.10 Å². The Morgan fingerprint density at radius 1 is 1.28 bits per heavy atom. The molecular formula is C20H28N4O. The van der Waals surface area contributed by atoms with E-state index in [-0.39, 0.29) is 17.4 Å². The molecule has 3 rings (SSSR count). The van der Waals surface area contributed by atoms with Crippen molar-refractivity contribution in [1.29, 1.82) is 0 Å². The minimum atomic E-state index is -0.207. The predicted molar refractivity (Wildman–Crippen MR) is 99.9 cm³/mol. The van der Waals surface area contributed by atoms with E-state index in [1.165, 1.54) is 0 Å². The van der Waals surface area contributed by atoms with Crippen LogP contribution >= 0.6 is 0 Å². The van der Waals surface area contributed by atoms with Crippen LogP contribution in [0.15, 0.2) is 36.5 Å². The van der Waals surface area contributed by atoms with Gasteiger partial charge < -0.3 is 10.6 Å². The zero-order valence-corrected chi connectivity index (χ0v) is 15.6. The van der Waals surface area contributed by atoms with E-state index in [1.54, 1.807) is 0 Å². The van der Waals surface area contributed by atoms with Crippen molar-refractivity contribution < 1.29 is 4.79 Å². The molecule has 0 saturated carbocycles. The van der Waals surface area contributed by atoms with Gasteiger partial charge in [0.1, 0.15) is 0 Å². The number of aromatic nitrogens is 2. The number of para-hydroxylation sites is 1. The first-order chi connectivity index (χ1) is 11.8. The second-order valence-electron chi connectivity index (χ2n) is 8.07. The van der Waals surface area contributed by atoms with E-state index in [0.717, 1.165) is 24.3 Å². The lowest BCUT2D eigenvalue weighted by Gasteiger charge is -2.23. The molecule has 1 amide bonds. The molecule has 2 heterocycles. The van der Waals surface area contributed by atoms with E-state index in [0.29, 0.717) is 18.0 Å². The first kappa shape index (κ1) is 17.7. The van der Waals surface area contributed by atoms with Gasteiger partial charge in [-0.1, -0.05) is 39.0 Å². The van der Waals surface area contributed by atoms with Crippen LogP contribution in [0.1, 0.15) is 50.2 Å². The Morgan fingerprint density at radius 2 is 1.96 bits per heavy atom. The van der Waals surface area contributed by atoms with Crippen LogP contribution in [0.3, 0.4) is 0 Å². The fourth-order valence-electron chi connectivity index (χ4n) is 3.55. The second-order valence-corrected chi connectivity index (χ2v) is 8.07. The third-order valence-corrected chi connectivity index (χ3v) is 4.93. The third-order valence-electron chi connectivity index (χ3n) is 4.93. The number of benzene rings is 1. The summed E-state index contributed by atoms with van der Waals surface area (Å²) in [5.41, 5.74) is 8.11. The summed E-state index contributed by atoms with van der Waals surface area (Å²) in [6, 6.07) is 10.1. The number of nitrogens with two attached hydrogens (primary N) is 1. The molecule has 5 nitrogen and oxygen atoms in total. The molecule has 2 atom stereocenters. The normalized spacial score (nSPS) is 20.9. The van der Waals surface area contributed by atoms with Crippen molar-refractivity contribution in [1.82, 2.24) is 14.7 Å². The molecular weight excluding hydrogens is 312 g/mol. The number of likely N-dealkylation sites (tertiary alicyclic amines) is 1. The van der Waals surface area contributed by atoms with Gasteiger partial charge in [0, 0.05) is 24.2 Å². The van der Waals surface area contributed by atoms with E-state index in [2.05, 4.69) is 27.7 Å². The standard InChI is InChI=1S/C20H28N4O/c1-14-10-15(11-21)12-23(14)19(25)17-13-24(16-8-6-5-7-9-16)22-18(17)20(2,3)4/h5-9,13-15H,10-12,21H2,1-4H3. The Labute approximate surface area is 149 Å². The Bertz CT molecular complexity index is 745. The molecule has 1 aliphatic rings. The van der Waals surface area contributed by atoms with E-state index >= 15 is 0 Å². The Morgan fingerprint density at radius 3 is 2.52 bits per heavy atom. The summed E-state index contributed by atoms with van der Waals surface area (Å²) in [4.78, 5) is 15.2. The maximum Gasteiger partial charge on any atom is 0.257 e. The van der Waals surface area contributed by atoms with Crippen LogP contribution in [0, 0.1) is 5.92 Å². The summed E-state index contributed by atoms with van der Waals surface area (Å²) in [6.45, 7) is 9.75. The van der Waals surface area contributed by atoms with Gasteiger partial charge >= 0.3 is 0 Å². The van der Waals surface area contributed by atoms with Gasteiger partial charge in [-0.15, -0.1) is 0 Å². The van der Waals surface area contributed by atoms with Gasteiger partial charge in [0.25, 0.3) is 5.91 Å². The van der Waals surface area contributed by atoms with Gasteiger partial charge in [0.05, 0.1) is 16.9 Å². The number of rotatable bonds is 3. The molecule has 2 aromatic rings. The highest BCUT2D eigenvalue weighted by Crippen LogP contribution is 2.30. The minimum Gasteiger partial charge on any atom is -0.335 e. The summed E-state index contributed by atoms with van der Waals surface area (Å²) < 4.78 is 1.81. The van der Waals surface area contributed by atoms with Gasteiger partial charge in [-0.3, -0.25) is 4.79 Å². The third kappa shape index (κ3) is 3.47. The Hall–Kier alpha value is -2.14. The van der Waals surface area contributed by atoms with Gasteiger partial charge in [-0.05, 0) is 37.9 Å². The number of hydrogen-bond acceptors (Lipinski definition) is 3. The summed E-state index contributed by atoms with van der Waals surface area (Å²) in [7, 11) is 0. The summed E-state index contributed by atoms with van der Waals surface area (Å²) in [6.07, 6.45) is 2.85. The van der Waals surface area contributed by atoms with Crippen molar-refractivity contribution >= 4 is 5.91 Å². The maximum absolute atomic E-state index is 13.3. The number of nitrogens with zero attached hydrogens (tertiary/aromatic N) is 3. The van der Waals surface area contributed by atoms with E-state index in [9.17, 15) is 4.79 Å². The van der Waals surface area contributed by atoms with Crippen molar-refractivity contribution in [2.45, 2.75) is 45.6 Å². The SMILES string of the molecule is CC1CC(CN)CN1C(=O)c1cn(-c2ccccc2)nc1C(C)(C)C. The molecule has 0 bridgehead atoms. The molecule has 1 aromatic carbocycles. The number of carbonyl (C=O) groups is 1. The first-order valence-electron chi connectivity index (χ1n) is 8.98. The molecule has 1 aliphatic heterocycles. The highest BCUT2D eigenvalue weighted by atomic mass is 16.2. The molecule has 0 aliphatic carbocycles. The smallest absolute Gasteiger partial charge is 0.257 e. The highest BCUT2D eigenvalue weighted by molar-refractivity contribution is 5.96. The molecule has 0 spiro atoms. The maximum atomic E-state index is 13.3. The van der Waals surface area contributed by atoms with Crippen molar-refractivity contribution in [2.24, 2.45) is 11.7 Å². The molecule has 1 aromatic heterocycles. The molecule has 2 unspecified atom stereocenters. The van der Waals surface area contributed by atoms with E-state index < -0.39 is 0 Å². The first-order valence-corrected chi connectivity index (χ1v) is 8.98. The molecule has 2 N–H and O–H groups in total. The lowest BCUT2D eigenvalue weighted by atomic mass is 9.89. The zero-order chi connectivity index (χ0) is 18.2. The van der Waals surface area contributed by atoms with E-state index in [1.807, 2.05) is 46.1 Å². The van der Waals surface area contributed by atoms with Crippen LogP contribution < -0.4 is 5.73 Å². The minimum absolute atomic E-state index is 0.0653. The van der Waals surface area contributed by atoms with Crippen molar-refractivity contribution in [3.8, 4) is 5.69 Å². The molecule has 0 radical (unpaired) electrons. The van der Waals surface area contributed by atoms with E-state index in [4.69, 9.17) is 10.8 Å². The molecule has 1 fully saturated rings. The average molecular weight is 340 g/mol. The van der Waals surface area contributed by atoms with Crippen molar-refractivity contribution in [3.05, 3.63) is 47.8 Å². The lowest BCUT2D eigenvalue weighted by Crippen LogP contribution is -2.35. The number of carbonyl (C=O) groups excluding carboxylic acids is 1. The molecule has 25 heavy (non-hydrogen) atoms. The van der Waals surface area contributed by atoms with Crippen LogP contribution in [0.2, 0.25) is 0 Å². The van der Waals surface area contributed by atoms with Gasteiger partial charge in [0.15, 0.2) is 0 Å². The molecule has 5 heteroatoms. The Kier molecular flexibility index (Phi) is 4.69. The van der Waals surface area contributed by atoms with Crippen LogP contribution in [-0.4, -0.2) is 39.7 Å². The van der Waals surface area contributed by atoms with Gasteiger partial charge in [-0.25, -0.2) is 4.68 Å². The number of hydrogen-bond donors (Lipinski definition) is 1. The fourth-order valence-corrected chi connectivity index (χ4v) is 3.55. The van der Waals surface area contributed by atoms with Crippen molar-refractivity contribution in [3.63, 3.8) is 0 Å². The van der Waals surface area contributed by atoms with Crippen LogP contribution in [0.25, 0.3) is 5.69 Å². The van der Waals surface area contributed by atoms with Crippen LogP contribution in [0.4, 0.5) is 0 Å². The predicted octanol–water partition coefficient (Wildman–Crippen LogP) is 2.98. The monoisotopic (exact) mass is 340 g/mol. The summed E-state index contributed by atoms with van der Waals surface area (Å²) in [5, 5.41) is 4.75. The number of amides is 1. The topological polar surface area (TPSA) is 64.2 Å². The summed E-state index contributed by atoms with van der Waals surface area (Å²) in [5.74, 6) is 0.455. The second kappa shape index (κ2) is 6.64. The highest BCUT2D eigenvalue weighted by Gasteiger charge is 2.35. The largest absolute Gasteiger partial charge is 0.335 e. The quantitative estimate of drug-likeness (QED) is 0.934. The van der Waals surface area contributed by atoms with Crippen LogP contribution in [-0.2, 0) is 5.41 Å².